The van der Waals surface area contributed by atoms with Crippen LogP contribution in [0.2, 0.25) is 0 Å². The number of hydrogen-bond donors (Lipinski definition) is 4. The first-order valence-electron chi connectivity index (χ1n) is 5.92. The Hall–Kier alpha value is -1.63. The van der Waals surface area contributed by atoms with Crippen LogP contribution in [0.15, 0.2) is 0 Å². The number of aliphatic carboxylic acids is 2. The van der Waals surface area contributed by atoms with Crippen LogP contribution in [0.25, 0.3) is 0 Å². The third-order valence-electron chi connectivity index (χ3n) is 3.17. The monoisotopic (exact) mass is 258 g/mol. The summed E-state index contributed by atoms with van der Waals surface area (Å²) in [6, 6.07) is -1.30. The predicted molar refractivity (Wildman–Crippen MR) is 61.8 cm³/mol. The van der Waals surface area contributed by atoms with Crippen molar-refractivity contribution in [3.63, 3.8) is 0 Å². The van der Waals surface area contributed by atoms with Gasteiger partial charge in [0.2, 0.25) is 5.91 Å². The van der Waals surface area contributed by atoms with Gasteiger partial charge in [0, 0.05) is 12.5 Å². The van der Waals surface area contributed by atoms with E-state index < -0.39 is 35.8 Å². The number of carboxylic acid groups (broad SMARTS) is 2. The predicted octanol–water partition coefficient (Wildman–Crippen LogP) is -0.452. The molecule has 0 aliphatic heterocycles. The molecule has 0 saturated heterocycles. The van der Waals surface area contributed by atoms with Gasteiger partial charge in [-0.3, -0.25) is 14.4 Å². The first kappa shape index (κ1) is 14.4. The lowest BCUT2D eigenvalue weighted by atomic mass is 10.0. The van der Waals surface area contributed by atoms with Crippen LogP contribution in [-0.2, 0) is 14.4 Å². The van der Waals surface area contributed by atoms with E-state index in [4.69, 9.17) is 15.9 Å². The highest BCUT2D eigenvalue weighted by Gasteiger charge is 2.34. The van der Waals surface area contributed by atoms with Gasteiger partial charge in [-0.25, -0.2) is 0 Å². The molecular formula is C11H18N2O5. The van der Waals surface area contributed by atoms with Crippen LogP contribution in [0.1, 0.15) is 32.1 Å². The number of carbonyl (C=O) groups is 3. The molecule has 0 bridgehead atoms. The Balaban J connectivity index is 2.43. The number of amides is 1. The van der Waals surface area contributed by atoms with Gasteiger partial charge >= 0.3 is 11.9 Å². The lowest BCUT2D eigenvalue weighted by Gasteiger charge is -2.20. The van der Waals surface area contributed by atoms with Gasteiger partial charge in [0.25, 0.3) is 0 Å². The second-order valence-corrected chi connectivity index (χ2v) is 4.53. The molecule has 0 heterocycles. The molecule has 3 atom stereocenters. The zero-order valence-electron chi connectivity index (χ0n) is 9.96. The number of carboxylic acids is 2. The molecular weight excluding hydrogens is 240 g/mol. The number of carbonyl (C=O) groups excluding carboxylic acids is 1. The highest BCUT2D eigenvalue weighted by molar-refractivity contribution is 5.83. The van der Waals surface area contributed by atoms with E-state index in [0.29, 0.717) is 12.8 Å². The topological polar surface area (TPSA) is 130 Å². The zero-order valence-corrected chi connectivity index (χ0v) is 9.96. The fourth-order valence-electron chi connectivity index (χ4n) is 2.13. The number of rotatable bonds is 6. The quantitative estimate of drug-likeness (QED) is 0.510. The van der Waals surface area contributed by atoms with Crippen molar-refractivity contribution < 1.29 is 24.6 Å². The van der Waals surface area contributed by atoms with E-state index in [1.54, 1.807) is 0 Å². The number of nitrogens with one attached hydrogen (secondary N) is 1. The SMILES string of the molecule is NC(CCC(=O)O)C(=O)NC1CCCC1C(=O)O. The Morgan fingerprint density at radius 3 is 2.50 bits per heavy atom. The summed E-state index contributed by atoms with van der Waals surface area (Å²) < 4.78 is 0. The largest absolute Gasteiger partial charge is 0.481 e. The first-order valence-corrected chi connectivity index (χ1v) is 5.92. The molecule has 3 unspecified atom stereocenters. The molecule has 0 spiro atoms. The fraction of sp³-hybridized carbons (Fsp3) is 0.727. The van der Waals surface area contributed by atoms with Crippen molar-refractivity contribution in [1.82, 2.24) is 5.32 Å². The Kier molecular flexibility index (Phi) is 5.08. The summed E-state index contributed by atoms with van der Waals surface area (Å²) in [4.78, 5) is 32.9. The van der Waals surface area contributed by atoms with Gasteiger partial charge in [0.1, 0.15) is 0 Å². The van der Waals surface area contributed by atoms with E-state index in [1.165, 1.54) is 0 Å². The zero-order chi connectivity index (χ0) is 13.7. The third-order valence-corrected chi connectivity index (χ3v) is 3.17. The Morgan fingerprint density at radius 2 is 1.94 bits per heavy atom. The standard InChI is InChI=1S/C11H18N2O5/c12-7(4-5-9(14)15)10(16)13-8-3-1-2-6(8)11(17)18/h6-8H,1-5,12H2,(H,13,16)(H,14,15)(H,17,18). The molecule has 1 aliphatic carbocycles. The van der Waals surface area contributed by atoms with Crippen LogP contribution in [0, 0.1) is 5.92 Å². The molecule has 0 aromatic carbocycles. The van der Waals surface area contributed by atoms with Crippen LogP contribution in [0.5, 0.6) is 0 Å². The van der Waals surface area contributed by atoms with E-state index in [2.05, 4.69) is 5.32 Å². The van der Waals surface area contributed by atoms with Gasteiger partial charge in [-0.15, -0.1) is 0 Å². The smallest absolute Gasteiger partial charge is 0.308 e. The van der Waals surface area contributed by atoms with E-state index in [0.717, 1.165) is 6.42 Å². The molecule has 0 radical (unpaired) electrons. The molecule has 1 amide bonds. The van der Waals surface area contributed by atoms with Gasteiger partial charge in [-0.1, -0.05) is 6.42 Å². The Labute approximate surface area is 104 Å². The molecule has 1 saturated carbocycles. The highest BCUT2D eigenvalue weighted by Crippen LogP contribution is 2.25. The van der Waals surface area contributed by atoms with Crippen molar-refractivity contribution in [2.75, 3.05) is 0 Å². The fourth-order valence-corrected chi connectivity index (χ4v) is 2.13. The minimum Gasteiger partial charge on any atom is -0.481 e. The van der Waals surface area contributed by atoms with Gasteiger partial charge in [0.05, 0.1) is 12.0 Å². The van der Waals surface area contributed by atoms with Crippen molar-refractivity contribution >= 4 is 17.8 Å². The molecule has 5 N–H and O–H groups in total. The van der Waals surface area contributed by atoms with E-state index >= 15 is 0 Å². The third kappa shape index (κ3) is 3.99. The molecule has 0 aromatic heterocycles. The summed E-state index contributed by atoms with van der Waals surface area (Å²) in [5.41, 5.74) is 5.54. The molecule has 1 rings (SSSR count). The van der Waals surface area contributed by atoms with Gasteiger partial charge in [0.15, 0.2) is 0 Å². The maximum absolute atomic E-state index is 11.7. The van der Waals surface area contributed by atoms with Crippen LogP contribution in [0.3, 0.4) is 0 Å². The number of hydrogen-bond acceptors (Lipinski definition) is 4. The van der Waals surface area contributed by atoms with Crippen LogP contribution < -0.4 is 11.1 Å². The minimum atomic E-state index is -1.01. The summed E-state index contributed by atoms with van der Waals surface area (Å²) in [6.07, 6.45) is 1.79. The molecule has 1 fully saturated rings. The Morgan fingerprint density at radius 1 is 1.28 bits per heavy atom. The van der Waals surface area contributed by atoms with Crippen molar-refractivity contribution in [1.29, 1.82) is 0 Å². The molecule has 18 heavy (non-hydrogen) atoms. The molecule has 0 aromatic rings. The summed E-state index contributed by atoms with van der Waals surface area (Å²) >= 11 is 0. The normalized spacial score (nSPS) is 24.5. The number of nitrogens with two attached hydrogens (primary N) is 1. The molecule has 102 valence electrons. The van der Waals surface area contributed by atoms with Crippen molar-refractivity contribution in [2.24, 2.45) is 11.7 Å². The van der Waals surface area contributed by atoms with Crippen LogP contribution in [-0.4, -0.2) is 40.1 Å². The first-order chi connectivity index (χ1) is 8.41. The van der Waals surface area contributed by atoms with Gasteiger partial charge in [-0.2, -0.15) is 0 Å². The molecule has 7 nitrogen and oxygen atoms in total. The lowest BCUT2D eigenvalue weighted by molar-refractivity contribution is -0.142. The van der Waals surface area contributed by atoms with E-state index in [1.807, 2.05) is 0 Å². The van der Waals surface area contributed by atoms with E-state index in [9.17, 15) is 14.4 Å². The summed E-state index contributed by atoms with van der Waals surface area (Å²) in [7, 11) is 0. The average Bonchev–Trinajstić information content (AvgIpc) is 2.73. The average molecular weight is 258 g/mol. The van der Waals surface area contributed by atoms with Crippen molar-refractivity contribution in [3.8, 4) is 0 Å². The lowest BCUT2D eigenvalue weighted by Crippen LogP contribution is -2.47. The van der Waals surface area contributed by atoms with Crippen molar-refractivity contribution in [3.05, 3.63) is 0 Å². The second kappa shape index (κ2) is 6.34. The maximum Gasteiger partial charge on any atom is 0.308 e. The van der Waals surface area contributed by atoms with E-state index in [-0.39, 0.29) is 12.8 Å². The van der Waals surface area contributed by atoms with Gasteiger partial charge < -0.3 is 21.3 Å². The van der Waals surface area contributed by atoms with Crippen molar-refractivity contribution in [2.45, 2.75) is 44.2 Å². The summed E-state index contributed by atoms with van der Waals surface area (Å²) in [5, 5.41) is 20.0. The highest BCUT2D eigenvalue weighted by atomic mass is 16.4. The maximum atomic E-state index is 11.7. The summed E-state index contributed by atoms with van der Waals surface area (Å²) in [5.74, 6) is -2.98. The van der Waals surface area contributed by atoms with Crippen LogP contribution in [0.4, 0.5) is 0 Å². The molecule has 7 heteroatoms. The van der Waals surface area contributed by atoms with Crippen LogP contribution >= 0.6 is 0 Å². The molecule has 1 aliphatic rings. The minimum absolute atomic E-state index is 0.0472. The summed E-state index contributed by atoms with van der Waals surface area (Å²) in [6.45, 7) is 0. The van der Waals surface area contributed by atoms with Gasteiger partial charge in [-0.05, 0) is 19.3 Å². The Bertz CT molecular complexity index is 344. The second-order valence-electron chi connectivity index (χ2n) is 4.53.